The maximum absolute atomic E-state index is 13.2. The Balaban J connectivity index is 1.58. The minimum Gasteiger partial charge on any atom is -0.458 e. The number of carbonyl (C=O) groups excluding carboxylic acids is 2. The smallest absolute Gasteiger partial charge is 0.417 e. The van der Waals surface area contributed by atoms with Gasteiger partial charge in [-0.2, -0.15) is 0 Å². The van der Waals surface area contributed by atoms with Gasteiger partial charge in [0.15, 0.2) is 5.13 Å². The molecule has 2 heterocycles. The molecular formula is C14H13FN2O4S. The standard InChI is InChI=1S/C14H13FN2O4S/c1-2-20-12(18)13(19)21-9-6-17(7-9)14-16-10-4-3-8(15)5-11(10)22-14/h3-5,9H,2,6-7H2,1H3. The van der Waals surface area contributed by atoms with Crippen molar-refractivity contribution in [3.63, 3.8) is 0 Å². The normalized spacial score (nSPS) is 14.7. The second-order valence-electron chi connectivity index (χ2n) is 4.76. The molecule has 1 fully saturated rings. The Morgan fingerprint density at radius 1 is 1.41 bits per heavy atom. The highest BCUT2D eigenvalue weighted by Crippen LogP contribution is 2.32. The monoisotopic (exact) mass is 324 g/mol. The maximum Gasteiger partial charge on any atom is 0.417 e. The Morgan fingerprint density at radius 2 is 2.18 bits per heavy atom. The van der Waals surface area contributed by atoms with Crippen LogP contribution in [0.2, 0.25) is 0 Å². The third-order valence-electron chi connectivity index (χ3n) is 3.17. The van der Waals surface area contributed by atoms with E-state index in [2.05, 4.69) is 9.72 Å². The zero-order valence-corrected chi connectivity index (χ0v) is 12.6. The van der Waals surface area contributed by atoms with E-state index >= 15 is 0 Å². The number of esters is 2. The number of rotatable bonds is 3. The lowest BCUT2D eigenvalue weighted by Crippen LogP contribution is -2.53. The third kappa shape index (κ3) is 2.87. The Kier molecular flexibility index (Phi) is 3.93. The highest BCUT2D eigenvalue weighted by atomic mass is 32.1. The predicted octanol–water partition coefficient (Wildman–Crippen LogP) is 1.73. The van der Waals surface area contributed by atoms with E-state index in [9.17, 15) is 14.0 Å². The molecule has 3 rings (SSSR count). The van der Waals surface area contributed by atoms with Crippen molar-refractivity contribution in [1.82, 2.24) is 4.98 Å². The van der Waals surface area contributed by atoms with Crippen LogP contribution in [0, 0.1) is 5.82 Å². The molecule has 1 aliphatic heterocycles. The molecule has 1 aromatic carbocycles. The molecule has 8 heteroatoms. The molecule has 0 amide bonds. The number of halogens is 1. The molecular weight excluding hydrogens is 311 g/mol. The Bertz CT molecular complexity index is 727. The number of carbonyl (C=O) groups is 2. The van der Waals surface area contributed by atoms with Gasteiger partial charge in [0.2, 0.25) is 0 Å². The average molecular weight is 324 g/mol. The maximum atomic E-state index is 13.2. The second kappa shape index (κ2) is 5.88. The lowest BCUT2D eigenvalue weighted by atomic mass is 10.2. The summed E-state index contributed by atoms with van der Waals surface area (Å²) in [6, 6.07) is 4.43. The third-order valence-corrected chi connectivity index (χ3v) is 4.25. The first kappa shape index (κ1) is 14.7. The highest BCUT2D eigenvalue weighted by Gasteiger charge is 2.34. The van der Waals surface area contributed by atoms with Crippen molar-refractivity contribution < 1.29 is 23.5 Å². The molecule has 6 nitrogen and oxygen atoms in total. The van der Waals surface area contributed by atoms with Gasteiger partial charge in [0.25, 0.3) is 0 Å². The number of benzene rings is 1. The van der Waals surface area contributed by atoms with E-state index in [1.54, 1.807) is 13.0 Å². The lowest BCUT2D eigenvalue weighted by molar-refractivity contribution is -0.171. The minimum atomic E-state index is -0.976. The summed E-state index contributed by atoms with van der Waals surface area (Å²) in [5.74, 6) is -2.25. The fraction of sp³-hybridized carbons (Fsp3) is 0.357. The number of anilines is 1. The highest BCUT2D eigenvalue weighted by molar-refractivity contribution is 7.22. The van der Waals surface area contributed by atoms with Gasteiger partial charge in [-0.15, -0.1) is 0 Å². The van der Waals surface area contributed by atoms with Gasteiger partial charge >= 0.3 is 11.9 Å². The van der Waals surface area contributed by atoms with E-state index in [0.717, 1.165) is 15.3 Å². The lowest BCUT2D eigenvalue weighted by Gasteiger charge is -2.37. The van der Waals surface area contributed by atoms with Gasteiger partial charge in [-0.25, -0.2) is 19.0 Å². The van der Waals surface area contributed by atoms with Crippen molar-refractivity contribution in [2.24, 2.45) is 0 Å². The summed E-state index contributed by atoms with van der Waals surface area (Å²) in [6.45, 7) is 2.65. The Morgan fingerprint density at radius 3 is 2.91 bits per heavy atom. The van der Waals surface area contributed by atoms with Gasteiger partial charge in [-0.1, -0.05) is 11.3 Å². The fourth-order valence-corrected chi connectivity index (χ4v) is 3.09. The Labute approximate surface area is 129 Å². The zero-order chi connectivity index (χ0) is 15.7. The number of thiazole rings is 1. The number of hydrogen-bond donors (Lipinski definition) is 0. The molecule has 2 aromatic rings. The van der Waals surface area contributed by atoms with Crippen LogP contribution >= 0.6 is 11.3 Å². The zero-order valence-electron chi connectivity index (χ0n) is 11.7. The minimum absolute atomic E-state index is 0.132. The number of hydrogen-bond acceptors (Lipinski definition) is 7. The van der Waals surface area contributed by atoms with Crippen molar-refractivity contribution in [2.45, 2.75) is 13.0 Å². The van der Waals surface area contributed by atoms with E-state index in [4.69, 9.17) is 4.74 Å². The van der Waals surface area contributed by atoms with E-state index in [1.165, 1.54) is 23.5 Å². The molecule has 0 unspecified atom stereocenters. The molecule has 1 aliphatic rings. The number of ether oxygens (including phenoxy) is 2. The van der Waals surface area contributed by atoms with Crippen LogP contribution < -0.4 is 4.90 Å². The fourth-order valence-electron chi connectivity index (χ4n) is 2.08. The van der Waals surface area contributed by atoms with Gasteiger partial charge in [0.05, 0.1) is 29.9 Å². The molecule has 22 heavy (non-hydrogen) atoms. The van der Waals surface area contributed by atoms with Gasteiger partial charge in [-0.3, -0.25) is 0 Å². The summed E-state index contributed by atoms with van der Waals surface area (Å²) in [4.78, 5) is 28.9. The molecule has 1 saturated heterocycles. The number of nitrogens with zero attached hydrogens (tertiary/aromatic N) is 2. The first-order valence-corrected chi connectivity index (χ1v) is 7.57. The molecule has 0 N–H and O–H groups in total. The van der Waals surface area contributed by atoms with Gasteiger partial charge < -0.3 is 14.4 Å². The van der Waals surface area contributed by atoms with Crippen LogP contribution in [0.1, 0.15) is 6.92 Å². The van der Waals surface area contributed by atoms with Crippen LogP contribution in [0.5, 0.6) is 0 Å². The van der Waals surface area contributed by atoms with E-state index < -0.39 is 11.9 Å². The largest absolute Gasteiger partial charge is 0.458 e. The van der Waals surface area contributed by atoms with Crippen LogP contribution in [-0.2, 0) is 19.1 Å². The SMILES string of the molecule is CCOC(=O)C(=O)OC1CN(c2nc3ccc(F)cc3s2)C1. The summed E-state index contributed by atoms with van der Waals surface area (Å²) in [6.07, 6.45) is -0.361. The summed E-state index contributed by atoms with van der Waals surface area (Å²) < 4.78 is 23.5. The molecule has 0 atom stereocenters. The van der Waals surface area contributed by atoms with Crippen LogP contribution in [0.25, 0.3) is 10.2 Å². The molecule has 116 valence electrons. The molecule has 0 bridgehead atoms. The first-order chi connectivity index (χ1) is 10.6. The summed E-state index contributed by atoms with van der Waals surface area (Å²) >= 11 is 1.37. The molecule has 0 saturated carbocycles. The van der Waals surface area contributed by atoms with Crippen molar-refractivity contribution >= 4 is 38.6 Å². The van der Waals surface area contributed by atoms with Crippen LogP contribution in [0.4, 0.5) is 9.52 Å². The molecule has 1 aromatic heterocycles. The first-order valence-electron chi connectivity index (χ1n) is 6.75. The number of fused-ring (bicyclic) bond motifs is 1. The Hall–Kier alpha value is -2.22. The van der Waals surface area contributed by atoms with E-state index in [-0.39, 0.29) is 18.5 Å². The second-order valence-corrected chi connectivity index (χ2v) is 5.77. The van der Waals surface area contributed by atoms with Gasteiger partial charge in [0, 0.05) is 0 Å². The van der Waals surface area contributed by atoms with Crippen molar-refractivity contribution in [1.29, 1.82) is 0 Å². The van der Waals surface area contributed by atoms with Crippen LogP contribution in [-0.4, -0.2) is 42.7 Å². The average Bonchev–Trinajstić information content (AvgIpc) is 2.84. The summed E-state index contributed by atoms with van der Waals surface area (Å²) in [5.41, 5.74) is 0.730. The van der Waals surface area contributed by atoms with E-state index in [0.29, 0.717) is 13.1 Å². The van der Waals surface area contributed by atoms with Gasteiger partial charge in [-0.05, 0) is 25.1 Å². The van der Waals surface area contributed by atoms with E-state index in [1.807, 2.05) is 4.90 Å². The molecule has 0 radical (unpaired) electrons. The summed E-state index contributed by atoms with van der Waals surface area (Å²) in [7, 11) is 0. The molecule has 0 aliphatic carbocycles. The van der Waals surface area contributed by atoms with Gasteiger partial charge in [0.1, 0.15) is 11.9 Å². The predicted molar refractivity (Wildman–Crippen MR) is 78.3 cm³/mol. The van der Waals surface area contributed by atoms with Crippen molar-refractivity contribution in [3.8, 4) is 0 Å². The van der Waals surface area contributed by atoms with Crippen molar-refractivity contribution in [2.75, 3.05) is 24.6 Å². The summed E-state index contributed by atoms with van der Waals surface area (Å²) in [5, 5.41) is 0.740. The number of aromatic nitrogens is 1. The van der Waals surface area contributed by atoms with Crippen LogP contribution in [0.3, 0.4) is 0 Å². The quantitative estimate of drug-likeness (QED) is 0.633. The topological polar surface area (TPSA) is 68.7 Å². The molecule has 0 spiro atoms. The van der Waals surface area contributed by atoms with Crippen LogP contribution in [0.15, 0.2) is 18.2 Å². The van der Waals surface area contributed by atoms with Crippen molar-refractivity contribution in [3.05, 3.63) is 24.0 Å².